The molecule has 0 aliphatic heterocycles. The van der Waals surface area contributed by atoms with Crippen molar-refractivity contribution in [2.45, 2.75) is 58.6 Å². The standard InChI is InChI=1S/C23H32ClN5O4/c1-14(25-19(30)13-29(7)21(32)33-22(2,3)4)20(31)26-18-12-17(27-28-18)23(5,6)15-8-10-16(24)11-9-15/h8-12,14H,13H2,1-7H3,(H,25,30)(H2,26,27,28,31)/t14-/m0/s1. The molecule has 1 aromatic heterocycles. The van der Waals surface area contributed by atoms with Gasteiger partial charge in [-0.1, -0.05) is 37.6 Å². The molecule has 1 heterocycles. The topological polar surface area (TPSA) is 116 Å². The summed E-state index contributed by atoms with van der Waals surface area (Å²) >= 11 is 5.98. The largest absolute Gasteiger partial charge is 0.444 e. The molecule has 3 N–H and O–H groups in total. The van der Waals surface area contributed by atoms with Crippen LogP contribution in [-0.2, 0) is 19.7 Å². The van der Waals surface area contributed by atoms with Gasteiger partial charge in [-0.05, 0) is 45.4 Å². The van der Waals surface area contributed by atoms with Gasteiger partial charge in [-0.15, -0.1) is 0 Å². The molecule has 0 bridgehead atoms. The predicted molar refractivity (Wildman–Crippen MR) is 127 cm³/mol. The van der Waals surface area contributed by atoms with E-state index in [2.05, 4.69) is 20.8 Å². The summed E-state index contributed by atoms with van der Waals surface area (Å²) in [6.07, 6.45) is -0.623. The first-order valence-corrected chi connectivity index (χ1v) is 10.9. The Kier molecular flexibility index (Phi) is 8.13. The van der Waals surface area contributed by atoms with Crippen molar-refractivity contribution in [2.24, 2.45) is 0 Å². The van der Waals surface area contributed by atoms with Crippen LogP contribution in [0.15, 0.2) is 30.3 Å². The van der Waals surface area contributed by atoms with Crippen LogP contribution in [-0.4, -0.2) is 58.2 Å². The van der Waals surface area contributed by atoms with Crippen LogP contribution >= 0.6 is 11.6 Å². The van der Waals surface area contributed by atoms with E-state index in [-0.39, 0.29) is 6.54 Å². The van der Waals surface area contributed by atoms with Gasteiger partial charge in [-0.3, -0.25) is 14.7 Å². The summed E-state index contributed by atoms with van der Waals surface area (Å²) in [6, 6.07) is 8.43. The zero-order valence-corrected chi connectivity index (χ0v) is 20.8. The van der Waals surface area contributed by atoms with E-state index in [4.69, 9.17) is 16.3 Å². The number of aromatic amines is 1. The number of amides is 3. The molecule has 0 aliphatic carbocycles. The fourth-order valence-electron chi connectivity index (χ4n) is 2.93. The average molecular weight is 478 g/mol. The van der Waals surface area contributed by atoms with E-state index in [9.17, 15) is 14.4 Å². The maximum Gasteiger partial charge on any atom is 0.410 e. The lowest BCUT2D eigenvalue weighted by molar-refractivity contribution is -0.126. The molecule has 0 aliphatic rings. The Morgan fingerprint density at radius 2 is 1.76 bits per heavy atom. The second-order valence-electron chi connectivity index (χ2n) is 9.41. The fraction of sp³-hybridized carbons (Fsp3) is 0.478. The molecule has 0 unspecified atom stereocenters. The number of anilines is 1. The molecular formula is C23H32ClN5O4. The maximum atomic E-state index is 12.5. The second kappa shape index (κ2) is 10.2. The number of carbonyl (C=O) groups is 3. The van der Waals surface area contributed by atoms with Gasteiger partial charge in [-0.2, -0.15) is 5.10 Å². The lowest BCUT2D eigenvalue weighted by Gasteiger charge is -2.24. The normalized spacial score (nSPS) is 12.6. The minimum absolute atomic E-state index is 0.242. The first-order chi connectivity index (χ1) is 15.2. The molecule has 180 valence electrons. The van der Waals surface area contributed by atoms with Crippen LogP contribution in [0.5, 0.6) is 0 Å². The number of carbonyl (C=O) groups excluding carboxylic acids is 3. The summed E-state index contributed by atoms with van der Waals surface area (Å²) in [5, 5.41) is 13.0. The van der Waals surface area contributed by atoms with Crippen LogP contribution in [0.2, 0.25) is 5.02 Å². The van der Waals surface area contributed by atoms with Gasteiger partial charge >= 0.3 is 6.09 Å². The van der Waals surface area contributed by atoms with Crippen molar-refractivity contribution in [3.05, 3.63) is 46.6 Å². The van der Waals surface area contributed by atoms with Gasteiger partial charge in [0.25, 0.3) is 0 Å². The van der Waals surface area contributed by atoms with Gasteiger partial charge < -0.3 is 20.3 Å². The van der Waals surface area contributed by atoms with Crippen molar-refractivity contribution < 1.29 is 19.1 Å². The number of hydrogen-bond acceptors (Lipinski definition) is 5. The van der Waals surface area contributed by atoms with Gasteiger partial charge in [0, 0.05) is 29.2 Å². The Labute approximate surface area is 199 Å². The molecule has 0 spiro atoms. The third kappa shape index (κ3) is 7.49. The average Bonchev–Trinajstić information content (AvgIpc) is 3.16. The number of nitrogens with zero attached hydrogens (tertiary/aromatic N) is 2. The molecule has 9 nitrogen and oxygen atoms in total. The lowest BCUT2D eigenvalue weighted by atomic mass is 9.81. The number of nitrogens with one attached hydrogen (secondary N) is 3. The van der Waals surface area contributed by atoms with E-state index in [1.54, 1.807) is 33.8 Å². The van der Waals surface area contributed by atoms with Crippen LogP contribution in [0.25, 0.3) is 0 Å². The van der Waals surface area contributed by atoms with Crippen molar-refractivity contribution in [1.82, 2.24) is 20.4 Å². The zero-order chi connectivity index (χ0) is 25.0. The molecule has 0 radical (unpaired) electrons. The molecule has 0 saturated carbocycles. The molecule has 1 aromatic carbocycles. The number of ether oxygens (including phenoxy) is 1. The van der Waals surface area contributed by atoms with Gasteiger partial charge in [0.1, 0.15) is 18.2 Å². The van der Waals surface area contributed by atoms with Crippen molar-refractivity contribution >= 4 is 35.3 Å². The third-order valence-electron chi connectivity index (χ3n) is 4.93. The smallest absolute Gasteiger partial charge is 0.410 e. The minimum Gasteiger partial charge on any atom is -0.444 e. The zero-order valence-electron chi connectivity index (χ0n) is 20.1. The molecular weight excluding hydrogens is 446 g/mol. The number of benzene rings is 1. The van der Waals surface area contributed by atoms with Crippen molar-refractivity contribution in [3.63, 3.8) is 0 Å². The first-order valence-electron chi connectivity index (χ1n) is 10.6. The number of halogens is 1. The summed E-state index contributed by atoms with van der Waals surface area (Å²) < 4.78 is 5.21. The first kappa shape index (κ1) is 26.2. The predicted octanol–water partition coefficient (Wildman–Crippen LogP) is 3.70. The van der Waals surface area contributed by atoms with E-state index >= 15 is 0 Å². The van der Waals surface area contributed by atoms with E-state index in [0.29, 0.717) is 10.8 Å². The van der Waals surface area contributed by atoms with E-state index in [0.717, 1.165) is 16.2 Å². The summed E-state index contributed by atoms with van der Waals surface area (Å²) in [5.41, 5.74) is 0.769. The molecule has 2 aromatic rings. The number of aromatic nitrogens is 2. The Hall–Kier alpha value is -3.07. The van der Waals surface area contributed by atoms with E-state index < -0.39 is 35.0 Å². The molecule has 1 atom stereocenters. The number of likely N-dealkylation sites (N-methyl/N-ethyl adjacent to an activating group) is 1. The van der Waals surface area contributed by atoms with Gasteiger partial charge in [-0.25, -0.2) is 4.79 Å². The molecule has 3 amide bonds. The SMILES string of the molecule is C[C@H](NC(=O)CN(C)C(=O)OC(C)(C)C)C(=O)Nc1cc(C(C)(C)c2ccc(Cl)cc2)[nH]n1. The van der Waals surface area contributed by atoms with Gasteiger partial charge in [0.15, 0.2) is 5.82 Å². The van der Waals surface area contributed by atoms with Crippen molar-refractivity contribution in [1.29, 1.82) is 0 Å². The fourth-order valence-corrected chi connectivity index (χ4v) is 3.06. The maximum absolute atomic E-state index is 12.5. The van der Waals surface area contributed by atoms with Crippen LogP contribution < -0.4 is 10.6 Å². The summed E-state index contributed by atoms with van der Waals surface area (Å²) in [4.78, 5) is 37.9. The Morgan fingerprint density at radius 1 is 1.15 bits per heavy atom. The number of rotatable bonds is 7. The molecule has 0 fully saturated rings. The Bertz CT molecular complexity index is 995. The van der Waals surface area contributed by atoms with Crippen LogP contribution in [0.3, 0.4) is 0 Å². The third-order valence-corrected chi connectivity index (χ3v) is 5.18. The highest BCUT2D eigenvalue weighted by atomic mass is 35.5. The summed E-state index contributed by atoms with van der Waals surface area (Å²) in [5.74, 6) is -0.591. The molecule has 10 heteroatoms. The minimum atomic E-state index is -0.839. The highest BCUT2D eigenvalue weighted by Gasteiger charge is 2.27. The van der Waals surface area contributed by atoms with Crippen LogP contribution in [0.1, 0.15) is 52.8 Å². The molecule has 2 rings (SSSR count). The monoisotopic (exact) mass is 477 g/mol. The summed E-state index contributed by atoms with van der Waals surface area (Å²) in [6.45, 7) is 10.6. The van der Waals surface area contributed by atoms with E-state index in [1.807, 2.05) is 38.1 Å². The van der Waals surface area contributed by atoms with Crippen molar-refractivity contribution in [2.75, 3.05) is 18.9 Å². The highest BCUT2D eigenvalue weighted by molar-refractivity contribution is 6.30. The van der Waals surface area contributed by atoms with E-state index in [1.165, 1.54) is 7.05 Å². The summed E-state index contributed by atoms with van der Waals surface area (Å²) in [7, 11) is 1.45. The Balaban J connectivity index is 1.93. The molecule has 33 heavy (non-hydrogen) atoms. The number of H-pyrrole nitrogens is 1. The highest BCUT2D eigenvalue weighted by Crippen LogP contribution is 2.31. The van der Waals surface area contributed by atoms with Crippen LogP contribution in [0.4, 0.5) is 10.6 Å². The Morgan fingerprint density at radius 3 is 2.33 bits per heavy atom. The van der Waals surface area contributed by atoms with Crippen molar-refractivity contribution in [3.8, 4) is 0 Å². The quantitative estimate of drug-likeness (QED) is 0.562. The lowest BCUT2D eigenvalue weighted by Crippen LogP contribution is -2.47. The second-order valence-corrected chi connectivity index (χ2v) is 9.85. The van der Waals surface area contributed by atoms with Gasteiger partial charge in [0.05, 0.1) is 0 Å². The van der Waals surface area contributed by atoms with Crippen LogP contribution in [0, 0.1) is 0 Å². The van der Waals surface area contributed by atoms with Gasteiger partial charge in [0.2, 0.25) is 11.8 Å². The molecule has 0 saturated heterocycles. The number of hydrogen-bond donors (Lipinski definition) is 3.